The van der Waals surface area contributed by atoms with Crippen molar-refractivity contribution >= 4 is 31.7 Å². The molecule has 1 aromatic rings. The summed E-state index contributed by atoms with van der Waals surface area (Å²) in [4.78, 5) is 3.91. The first-order valence-corrected chi connectivity index (χ1v) is 12.4. The van der Waals surface area contributed by atoms with Crippen LogP contribution >= 0.6 is 0 Å². The third kappa shape index (κ3) is 4.63. The van der Waals surface area contributed by atoms with Crippen LogP contribution in [-0.4, -0.2) is 13.8 Å². The summed E-state index contributed by atoms with van der Waals surface area (Å²) in [6, 6.07) is 4.72. The normalized spacial score (nSPS) is 15.2. The standard InChI is InChI=1S/C19H25NSi.C5H8/c1-13-10-16-11-14-8-7-9-15(14)12-17(16)18(13)21(5,6)20-19(2,3)4;1-3-5-4-2/h7-12,20H,1-6H3;3-5H,1H2,2H3. The fraction of sp³-hybridized carbons (Fsp3) is 0.333. The minimum atomic E-state index is -1.69. The Morgan fingerprint density at radius 1 is 1.12 bits per heavy atom. The van der Waals surface area contributed by atoms with Crippen LogP contribution in [-0.2, 0) is 0 Å². The van der Waals surface area contributed by atoms with Gasteiger partial charge >= 0.3 is 0 Å². The molecule has 0 unspecified atom stereocenters. The number of fused-ring (bicyclic) bond motifs is 2. The SMILES string of the molecule is C=CC=CC.CC1=C([Si](C)(C)NC(C)(C)C)c2cc3c(cc2=C1)C=CC=3. The summed E-state index contributed by atoms with van der Waals surface area (Å²) in [5.74, 6) is 0. The molecule has 2 heteroatoms. The van der Waals surface area contributed by atoms with E-state index in [0.29, 0.717) is 0 Å². The highest BCUT2D eigenvalue weighted by atomic mass is 28.3. The molecule has 0 amide bonds. The Kier molecular flexibility index (Phi) is 6.10. The fourth-order valence-corrected chi connectivity index (χ4v) is 7.96. The molecule has 0 spiro atoms. The van der Waals surface area contributed by atoms with Gasteiger partial charge in [-0.25, -0.2) is 0 Å². The van der Waals surface area contributed by atoms with Crippen molar-refractivity contribution in [1.82, 2.24) is 4.98 Å². The van der Waals surface area contributed by atoms with Crippen molar-refractivity contribution in [2.75, 3.05) is 0 Å². The molecule has 1 N–H and O–H groups in total. The maximum absolute atomic E-state index is 3.91. The van der Waals surface area contributed by atoms with Gasteiger partial charge in [-0.1, -0.05) is 62.2 Å². The maximum Gasteiger partial charge on any atom is 0.152 e. The van der Waals surface area contributed by atoms with Crippen molar-refractivity contribution in [3.63, 3.8) is 0 Å². The van der Waals surface area contributed by atoms with Crippen LogP contribution in [0.2, 0.25) is 13.1 Å². The van der Waals surface area contributed by atoms with Gasteiger partial charge < -0.3 is 4.98 Å². The van der Waals surface area contributed by atoms with E-state index >= 15 is 0 Å². The molecule has 0 radical (unpaired) electrons. The molecule has 2 aliphatic rings. The summed E-state index contributed by atoms with van der Waals surface area (Å²) in [5.41, 5.74) is 4.38. The van der Waals surface area contributed by atoms with Crippen LogP contribution in [0, 0.1) is 0 Å². The van der Waals surface area contributed by atoms with Crippen LogP contribution in [0.5, 0.6) is 0 Å². The molecule has 0 aliphatic heterocycles. The Morgan fingerprint density at radius 3 is 2.35 bits per heavy atom. The second-order valence-corrected chi connectivity index (χ2v) is 12.6. The maximum atomic E-state index is 3.91. The van der Waals surface area contributed by atoms with E-state index in [4.69, 9.17) is 0 Å². The van der Waals surface area contributed by atoms with Crippen molar-refractivity contribution in [3.05, 3.63) is 70.2 Å². The largest absolute Gasteiger partial charge is 0.329 e. The first-order valence-electron chi connectivity index (χ1n) is 9.38. The highest BCUT2D eigenvalue weighted by Crippen LogP contribution is 2.31. The lowest BCUT2D eigenvalue weighted by molar-refractivity contribution is 0.515. The molecule has 3 rings (SSSR count). The molecule has 0 bridgehead atoms. The van der Waals surface area contributed by atoms with Gasteiger partial charge in [0.25, 0.3) is 0 Å². The first kappa shape index (κ1) is 20.4. The van der Waals surface area contributed by atoms with Crippen LogP contribution < -0.4 is 15.4 Å². The van der Waals surface area contributed by atoms with E-state index in [1.165, 1.54) is 27.1 Å². The van der Waals surface area contributed by atoms with Crippen molar-refractivity contribution < 1.29 is 0 Å². The van der Waals surface area contributed by atoms with E-state index in [1.54, 1.807) is 11.3 Å². The second-order valence-electron chi connectivity index (χ2n) is 8.56. The Morgan fingerprint density at radius 2 is 1.81 bits per heavy atom. The highest BCUT2D eigenvalue weighted by Gasteiger charge is 2.34. The monoisotopic (exact) mass is 363 g/mol. The van der Waals surface area contributed by atoms with Gasteiger partial charge in [-0.3, -0.25) is 0 Å². The van der Waals surface area contributed by atoms with Gasteiger partial charge in [-0.2, -0.15) is 0 Å². The Balaban J connectivity index is 0.000000431. The summed E-state index contributed by atoms with van der Waals surface area (Å²) < 4.78 is 0. The summed E-state index contributed by atoms with van der Waals surface area (Å²) in [6.45, 7) is 19.3. The number of hydrogen-bond acceptors (Lipinski definition) is 1. The molecular weight excluding hydrogens is 330 g/mol. The zero-order chi connectivity index (χ0) is 19.5. The minimum absolute atomic E-state index is 0.149. The lowest BCUT2D eigenvalue weighted by Gasteiger charge is -2.35. The van der Waals surface area contributed by atoms with Crippen LogP contribution in [0.3, 0.4) is 0 Å². The first-order chi connectivity index (χ1) is 12.1. The van der Waals surface area contributed by atoms with Crippen molar-refractivity contribution in [2.45, 2.75) is 53.3 Å². The Hall–Kier alpha value is -1.90. The van der Waals surface area contributed by atoms with Crippen LogP contribution in [0.4, 0.5) is 0 Å². The average molecular weight is 364 g/mol. The van der Waals surface area contributed by atoms with Gasteiger partial charge in [0, 0.05) is 5.54 Å². The van der Waals surface area contributed by atoms with Gasteiger partial charge in [0.2, 0.25) is 0 Å². The van der Waals surface area contributed by atoms with E-state index in [2.05, 4.69) is 88.8 Å². The third-order valence-corrected chi connectivity index (χ3v) is 7.77. The quantitative estimate of drug-likeness (QED) is 0.592. The van der Waals surface area contributed by atoms with E-state index < -0.39 is 8.24 Å². The van der Waals surface area contributed by atoms with Crippen molar-refractivity contribution in [3.8, 4) is 0 Å². The molecule has 1 aromatic carbocycles. The van der Waals surface area contributed by atoms with Crippen molar-refractivity contribution in [1.29, 1.82) is 0 Å². The molecule has 138 valence electrons. The number of nitrogens with one attached hydrogen (secondary N) is 1. The summed E-state index contributed by atoms with van der Waals surface area (Å²) in [5, 5.41) is 4.31. The summed E-state index contributed by atoms with van der Waals surface area (Å²) >= 11 is 0. The zero-order valence-corrected chi connectivity index (χ0v) is 18.4. The predicted octanol–water partition coefficient (Wildman–Crippen LogP) is 4.94. The van der Waals surface area contributed by atoms with Gasteiger partial charge in [0.15, 0.2) is 8.24 Å². The molecule has 0 aromatic heterocycles. The molecule has 0 saturated heterocycles. The average Bonchev–Trinajstić information content (AvgIpc) is 3.05. The van der Waals surface area contributed by atoms with Crippen LogP contribution in [0.25, 0.3) is 23.4 Å². The topological polar surface area (TPSA) is 12.0 Å². The third-order valence-electron chi connectivity index (χ3n) is 4.48. The second kappa shape index (κ2) is 7.77. The van der Waals surface area contributed by atoms with Gasteiger partial charge in [-0.05, 0) is 79.1 Å². The molecular formula is C24H33NSi. The van der Waals surface area contributed by atoms with Crippen LogP contribution in [0.1, 0.15) is 45.7 Å². The lowest BCUT2D eigenvalue weighted by atomic mass is 10.1. The minimum Gasteiger partial charge on any atom is -0.329 e. The van der Waals surface area contributed by atoms with Gasteiger partial charge in [-0.15, -0.1) is 0 Å². The molecule has 0 fully saturated rings. The molecule has 0 heterocycles. The molecule has 0 saturated carbocycles. The number of hydrogen-bond donors (Lipinski definition) is 1. The Labute approximate surface area is 160 Å². The zero-order valence-electron chi connectivity index (χ0n) is 17.4. The van der Waals surface area contributed by atoms with Gasteiger partial charge in [0.05, 0.1) is 0 Å². The number of benzene rings is 1. The van der Waals surface area contributed by atoms with E-state index in [0.717, 1.165) is 0 Å². The van der Waals surface area contributed by atoms with Crippen molar-refractivity contribution in [2.24, 2.45) is 0 Å². The molecule has 26 heavy (non-hydrogen) atoms. The highest BCUT2D eigenvalue weighted by molar-refractivity contribution is 6.93. The van der Waals surface area contributed by atoms with Crippen LogP contribution in [0.15, 0.2) is 48.6 Å². The Bertz CT molecular complexity index is 903. The van der Waals surface area contributed by atoms with E-state index in [-0.39, 0.29) is 5.54 Å². The molecule has 1 nitrogen and oxygen atoms in total. The smallest absolute Gasteiger partial charge is 0.152 e. The van der Waals surface area contributed by atoms with E-state index in [1.807, 2.05) is 19.1 Å². The summed E-state index contributed by atoms with van der Waals surface area (Å²) in [7, 11) is -1.69. The number of allylic oxidation sites excluding steroid dienone is 5. The predicted molar refractivity (Wildman–Crippen MR) is 122 cm³/mol. The number of rotatable bonds is 3. The molecule has 2 aliphatic carbocycles. The lowest BCUT2D eigenvalue weighted by Crippen LogP contribution is -2.55. The summed E-state index contributed by atoms with van der Waals surface area (Å²) in [6.07, 6.45) is 14.5. The van der Waals surface area contributed by atoms with E-state index in [9.17, 15) is 0 Å². The fourth-order valence-electron chi connectivity index (χ4n) is 4.01. The van der Waals surface area contributed by atoms with Gasteiger partial charge in [0.1, 0.15) is 0 Å². The molecule has 0 atom stereocenters.